The average molecular weight is 298 g/mol. The highest BCUT2D eigenvalue weighted by atomic mass is 35.5. The van der Waals surface area contributed by atoms with Crippen molar-refractivity contribution in [2.45, 2.75) is 51.9 Å². The first-order valence-electron chi connectivity index (χ1n) is 7.21. The van der Waals surface area contributed by atoms with Crippen LogP contribution in [0.25, 0.3) is 0 Å². The number of hydrogen-bond acceptors (Lipinski definition) is 4. The zero-order chi connectivity index (χ0) is 14.7. The van der Waals surface area contributed by atoms with Gasteiger partial charge in [-0.25, -0.2) is 4.98 Å². The van der Waals surface area contributed by atoms with Crippen molar-refractivity contribution in [2.75, 3.05) is 18.6 Å². The van der Waals surface area contributed by atoms with Gasteiger partial charge < -0.3 is 15.0 Å². The molecule has 2 rings (SSSR count). The summed E-state index contributed by atoms with van der Waals surface area (Å²) in [4.78, 5) is 6.67. The number of nitrogens with one attached hydrogen (secondary N) is 1. The molecular weight excluding hydrogens is 274 g/mol. The summed E-state index contributed by atoms with van der Waals surface area (Å²) in [7, 11) is 2.04. The molecule has 0 amide bonds. The molecule has 0 radical (unpaired) electrons. The fraction of sp³-hybridized carbons (Fsp3) is 0.667. The first-order chi connectivity index (χ1) is 9.49. The predicted octanol–water partition coefficient (Wildman–Crippen LogP) is 2.85. The summed E-state index contributed by atoms with van der Waals surface area (Å²) in [5, 5.41) is 4.07. The third-order valence-electron chi connectivity index (χ3n) is 3.76. The van der Waals surface area contributed by atoms with Crippen molar-refractivity contribution < 1.29 is 4.74 Å². The lowest BCUT2D eigenvalue weighted by Gasteiger charge is -2.28. The van der Waals surface area contributed by atoms with Crippen LogP contribution in [0.2, 0.25) is 5.02 Å². The zero-order valence-electron chi connectivity index (χ0n) is 12.7. The highest BCUT2D eigenvalue weighted by molar-refractivity contribution is 6.33. The molecule has 0 aromatic carbocycles. The molecule has 0 aliphatic carbocycles. The van der Waals surface area contributed by atoms with E-state index in [1.807, 2.05) is 19.3 Å². The minimum atomic E-state index is 0.222. The lowest BCUT2D eigenvalue weighted by molar-refractivity contribution is 0.118. The Labute approximate surface area is 126 Å². The van der Waals surface area contributed by atoms with Gasteiger partial charge in [0.2, 0.25) is 0 Å². The molecule has 1 aromatic rings. The Morgan fingerprint density at radius 2 is 2.30 bits per heavy atom. The fourth-order valence-electron chi connectivity index (χ4n) is 2.53. The summed E-state index contributed by atoms with van der Waals surface area (Å²) in [6.07, 6.45) is 3.14. The average Bonchev–Trinajstić information content (AvgIpc) is 2.82. The van der Waals surface area contributed by atoms with E-state index in [0.717, 1.165) is 31.0 Å². The molecule has 2 unspecified atom stereocenters. The zero-order valence-corrected chi connectivity index (χ0v) is 13.4. The number of nitrogens with zero attached hydrogens (tertiary/aromatic N) is 2. The Balaban J connectivity index is 2.08. The van der Waals surface area contributed by atoms with E-state index in [-0.39, 0.29) is 6.10 Å². The predicted molar refractivity (Wildman–Crippen MR) is 83.4 cm³/mol. The van der Waals surface area contributed by atoms with Crippen molar-refractivity contribution in [3.05, 3.63) is 22.8 Å². The van der Waals surface area contributed by atoms with Crippen LogP contribution in [-0.2, 0) is 11.3 Å². The van der Waals surface area contributed by atoms with Crippen molar-refractivity contribution in [3.63, 3.8) is 0 Å². The van der Waals surface area contributed by atoms with Crippen LogP contribution in [0.4, 0.5) is 5.82 Å². The normalized spacial score (nSPS) is 22.5. The molecule has 2 atom stereocenters. The Morgan fingerprint density at radius 3 is 2.85 bits per heavy atom. The van der Waals surface area contributed by atoms with Gasteiger partial charge in [-0.15, -0.1) is 0 Å². The highest BCUT2D eigenvalue weighted by Gasteiger charge is 2.29. The SMILES string of the molecule is CC(C)NCc1cnc(N(C)C2CCOC2C)c(Cl)c1. The molecule has 1 aliphatic heterocycles. The summed E-state index contributed by atoms with van der Waals surface area (Å²) in [6.45, 7) is 7.95. The number of likely N-dealkylation sites (N-methyl/N-ethyl adjacent to an activating group) is 1. The Bertz CT molecular complexity index is 453. The fourth-order valence-corrected chi connectivity index (χ4v) is 2.86. The molecule has 5 heteroatoms. The second-order valence-corrected chi connectivity index (χ2v) is 6.13. The van der Waals surface area contributed by atoms with Crippen LogP contribution in [0.5, 0.6) is 0 Å². The topological polar surface area (TPSA) is 37.4 Å². The van der Waals surface area contributed by atoms with E-state index in [9.17, 15) is 0 Å². The molecule has 20 heavy (non-hydrogen) atoms. The van der Waals surface area contributed by atoms with Gasteiger partial charge in [-0.3, -0.25) is 0 Å². The van der Waals surface area contributed by atoms with E-state index in [4.69, 9.17) is 16.3 Å². The minimum Gasteiger partial charge on any atom is -0.376 e. The van der Waals surface area contributed by atoms with Crippen molar-refractivity contribution in [1.82, 2.24) is 10.3 Å². The van der Waals surface area contributed by atoms with Gasteiger partial charge in [-0.1, -0.05) is 25.4 Å². The van der Waals surface area contributed by atoms with E-state index >= 15 is 0 Å². The highest BCUT2D eigenvalue weighted by Crippen LogP contribution is 2.28. The standard InChI is InChI=1S/C15H24ClN3O/c1-10(2)17-8-12-7-13(16)15(18-9-12)19(4)14-5-6-20-11(14)3/h7,9-11,14,17H,5-6,8H2,1-4H3. The maximum Gasteiger partial charge on any atom is 0.147 e. The Morgan fingerprint density at radius 1 is 1.55 bits per heavy atom. The molecule has 1 N–H and O–H groups in total. The molecule has 1 aromatic heterocycles. The first kappa shape index (κ1) is 15.5. The Kier molecular flexibility index (Phi) is 5.24. The number of aromatic nitrogens is 1. The smallest absolute Gasteiger partial charge is 0.147 e. The van der Waals surface area contributed by atoms with Crippen molar-refractivity contribution >= 4 is 17.4 Å². The number of anilines is 1. The molecule has 0 bridgehead atoms. The number of pyridine rings is 1. The molecule has 1 fully saturated rings. The number of rotatable bonds is 5. The third-order valence-corrected chi connectivity index (χ3v) is 4.04. The molecule has 0 spiro atoms. The molecule has 2 heterocycles. The summed E-state index contributed by atoms with van der Waals surface area (Å²) >= 11 is 6.39. The van der Waals surface area contributed by atoms with Crippen molar-refractivity contribution in [1.29, 1.82) is 0 Å². The summed E-state index contributed by atoms with van der Waals surface area (Å²) in [5.74, 6) is 0.835. The van der Waals surface area contributed by atoms with E-state index in [2.05, 4.69) is 36.0 Å². The lowest BCUT2D eigenvalue weighted by atomic mass is 10.1. The monoisotopic (exact) mass is 297 g/mol. The quantitative estimate of drug-likeness (QED) is 0.907. The summed E-state index contributed by atoms with van der Waals surface area (Å²) < 4.78 is 5.61. The molecule has 1 saturated heterocycles. The van der Waals surface area contributed by atoms with Crippen molar-refractivity contribution in [3.8, 4) is 0 Å². The van der Waals surface area contributed by atoms with Gasteiger partial charge in [0.25, 0.3) is 0 Å². The first-order valence-corrected chi connectivity index (χ1v) is 7.59. The molecule has 112 valence electrons. The van der Waals surface area contributed by atoms with E-state index in [0.29, 0.717) is 17.1 Å². The summed E-state index contributed by atoms with van der Waals surface area (Å²) in [5.41, 5.74) is 1.11. The van der Waals surface area contributed by atoms with E-state index in [1.54, 1.807) is 0 Å². The number of hydrogen-bond donors (Lipinski definition) is 1. The van der Waals surface area contributed by atoms with Gasteiger partial charge in [0, 0.05) is 32.4 Å². The lowest BCUT2D eigenvalue weighted by Crippen LogP contribution is -2.37. The van der Waals surface area contributed by atoms with E-state index in [1.165, 1.54) is 0 Å². The van der Waals surface area contributed by atoms with Gasteiger partial charge in [-0.05, 0) is 25.0 Å². The maximum absolute atomic E-state index is 6.39. The van der Waals surface area contributed by atoms with Gasteiger partial charge >= 0.3 is 0 Å². The second kappa shape index (κ2) is 6.74. The van der Waals surface area contributed by atoms with Gasteiger partial charge in [0.15, 0.2) is 0 Å². The van der Waals surface area contributed by atoms with Crippen LogP contribution < -0.4 is 10.2 Å². The molecule has 1 aliphatic rings. The number of halogens is 1. The van der Waals surface area contributed by atoms with Crippen LogP contribution >= 0.6 is 11.6 Å². The number of ether oxygens (including phenoxy) is 1. The molecule has 4 nitrogen and oxygen atoms in total. The largest absolute Gasteiger partial charge is 0.376 e. The summed E-state index contributed by atoms with van der Waals surface area (Å²) in [6, 6.07) is 2.79. The maximum atomic E-state index is 6.39. The van der Waals surface area contributed by atoms with Gasteiger partial charge in [0.05, 0.1) is 17.2 Å². The van der Waals surface area contributed by atoms with Gasteiger partial charge in [-0.2, -0.15) is 0 Å². The van der Waals surface area contributed by atoms with Crippen LogP contribution in [0.1, 0.15) is 32.8 Å². The Hall–Kier alpha value is -0.840. The minimum absolute atomic E-state index is 0.222. The molecular formula is C15H24ClN3O. The van der Waals surface area contributed by atoms with Crippen LogP contribution in [0.3, 0.4) is 0 Å². The third kappa shape index (κ3) is 3.62. The van der Waals surface area contributed by atoms with Crippen LogP contribution in [0.15, 0.2) is 12.3 Å². The van der Waals surface area contributed by atoms with Gasteiger partial charge in [0.1, 0.15) is 5.82 Å². The van der Waals surface area contributed by atoms with E-state index < -0.39 is 0 Å². The second-order valence-electron chi connectivity index (χ2n) is 5.73. The van der Waals surface area contributed by atoms with Crippen LogP contribution in [0, 0.1) is 0 Å². The van der Waals surface area contributed by atoms with Crippen LogP contribution in [-0.4, -0.2) is 36.8 Å². The van der Waals surface area contributed by atoms with Crippen molar-refractivity contribution in [2.24, 2.45) is 0 Å². The molecule has 0 saturated carbocycles.